The molecule has 2 aromatic carbocycles. The fourth-order valence-corrected chi connectivity index (χ4v) is 3.95. The number of pyridine rings is 1. The number of halogens is 2. The fourth-order valence-electron chi connectivity index (χ4n) is 3.95. The Hall–Kier alpha value is -3.59. The number of nitrogens with one attached hydrogen (secondary N) is 2. The number of alkyl halides is 2. The molecule has 2 atom stereocenters. The minimum Gasteiger partial charge on any atom is -0.489 e. The molecule has 1 aliphatic heterocycles. The molecule has 33 heavy (non-hydrogen) atoms. The van der Waals surface area contributed by atoms with E-state index in [9.17, 15) is 23.5 Å². The van der Waals surface area contributed by atoms with Gasteiger partial charge in [0.2, 0.25) is 5.91 Å². The number of fused-ring (bicyclic) bond motifs is 1. The first-order valence-corrected chi connectivity index (χ1v) is 10.4. The third-order valence-corrected chi connectivity index (χ3v) is 5.55. The number of aliphatic carboxylic acids is 1. The van der Waals surface area contributed by atoms with Gasteiger partial charge in [0, 0.05) is 28.8 Å². The zero-order valence-corrected chi connectivity index (χ0v) is 17.8. The Morgan fingerprint density at radius 1 is 1.21 bits per heavy atom. The Balaban J connectivity index is 1.40. The van der Waals surface area contributed by atoms with Crippen molar-refractivity contribution in [3.63, 3.8) is 0 Å². The van der Waals surface area contributed by atoms with E-state index in [1.54, 1.807) is 24.3 Å². The molecular weight excluding hydrogens is 432 g/mol. The Kier molecular flexibility index (Phi) is 6.24. The van der Waals surface area contributed by atoms with Gasteiger partial charge in [0.1, 0.15) is 18.4 Å². The molecule has 1 saturated heterocycles. The molecule has 0 spiro atoms. The van der Waals surface area contributed by atoms with Crippen molar-refractivity contribution < 1.29 is 28.2 Å². The Morgan fingerprint density at radius 2 is 1.94 bits per heavy atom. The molecule has 0 radical (unpaired) electrons. The number of amides is 1. The summed E-state index contributed by atoms with van der Waals surface area (Å²) in [6.45, 7) is 1.51. The Bertz CT molecular complexity index is 1180. The maximum absolute atomic E-state index is 13.6. The van der Waals surface area contributed by atoms with E-state index in [1.807, 2.05) is 37.3 Å². The maximum Gasteiger partial charge on any atom is 0.308 e. The molecule has 3 N–H and O–H groups in total. The molecule has 4 rings (SSSR count). The van der Waals surface area contributed by atoms with Crippen LogP contribution in [0, 0.1) is 12.8 Å². The van der Waals surface area contributed by atoms with Gasteiger partial charge in [-0.15, -0.1) is 0 Å². The highest BCUT2D eigenvalue weighted by atomic mass is 19.3. The van der Waals surface area contributed by atoms with Crippen molar-refractivity contribution in [2.75, 3.05) is 11.9 Å². The van der Waals surface area contributed by atoms with E-state index in [0.717, 1.165) is 22.2 Å². The lowest BCUT2D eigenvalue weighted by molar-refractivity contribution is -0.152. The van der Waals surface area contributed by atoms with Crippen molar-refractivity contribution in [2.24, 2.45) is 5.92 Å². The van der Waals surface area contributed by atoms with Gasteiger partial charge in [-0.25, -0.2) is 8.78 Å². The van der Waals surface area contributed by atoms with E-state index < -0.39 is 42.7 Å². The maximum atomic E-state index is 13.6. The van der Waals surface area contributed by atoms with Crippen LogP contribution in [0.3, 0.4) is 0 Å². The highest BCUT2D eigenvalue weighted by Crippen LogP contribution is 2.30. The third-order valence-electron chi connectivity index (χ3n) is 5.55. The lowest BCUT2D eigenvalue weighted by Gasteiger charge is -2.33. The van der Waals surface area contributed by atoms with Gasteiger partial charge in [0.15, 0.2) is 0 Å². The van der Waals surface area contributed by atoms with Crippen molar-refractivity contribution >= 4 is 28.5 Å². The van der Waals surface area contributed by atoms with Crippen molar-refractivity contribution in [1.82, 2.24) is 10.3 Å². The second-order valence-electron chi connectivity index (χ2n) is 8.11. The molecule has 0 bridgehead atoms. The van der Waals surface area contributed by atoms with Crippen LogP contribution in [0.1, 0.15) is 17.7 Å². The van der Waals surface area contributed by atoms with E-state index in [-0.39, 0.29) is 0 Å². The normalized spacial score (nSPS) is 19.7. The van der Waals surface area contributed by atoms with Crippen LogP contribution in [-0.2, 0) is 16.2 Å². The number of aryl methyl sites for hydroxylation is 1. The number of rotatable bonds is 6. The number of carbonyl (C=O) groups is 2. The van der Waals surface area contributed by atoms with Gasteiger partial charge in [0.25, 0.3) is 5.92 Å². The lowest BCUT2D eigenvalue weighted by Crippen LogP contribution is -2.57. The third kappa shape index (κ3) is 5.25. The summed E-state index contributed by atoms with van der Waals surface area (Å²) in [5.41, 5.74) is 3.18. The molecular formula is C24H23F2N3O4. The van der Waals surface area contributed by atoms with Gasteiger partial charge < -0.3 is 15.2 Å². The zero-order chi connectivity index (χ0) is 23.6. The van der Waals surface area contributed by atoms with Crippen LogP contribution in [0.15, 0.2) is 54.6 Å². The number of ether oxygens (including phenoxy) is 1. The number of nitrogens with zero attached hydrogens (tertiary/aromatic N) is 1. The van der Waals surface area contributed by atoms with Crippen LogP contribution in [0.2, 0.25) is 0 Å². The minimum absolute atomic E-state index is 0.329. The van der Waals surface area contributed by atoms with E-state index in [0.29, 0.717) is 18.0 Å². The molecule has 1 aliphatic rings. The van der Waals surface area contributed by atoms with Gasteiger partial charge in [-0.3, -0.25) is 19.9 Å². The first kappa shape index (κ1) is 22.6. The minimum atomic E-state index is -3.17. The summed E-state index contributed by atoms with van der Waals surface area (Å²) in [5.74, 6) is -6.23. The van der Waals surface area contributed by atoms with Gasteiger partial charge in [0.05, 0.1) is 18.0 Å². The second kappa shape index (κ2) is 9.11. The first-order chi connectivity index (χ1) is 15.7. The quantitative estimate of drug-likeness (QED) is 0.523. The number of hydrogen-bond donors (Lipinski definition) is 3. The molecule has 2 heterocycles. The number of aromatic nitrogens is 1. The smallest absolute Gasteiger partial charge is 0.308 e. The average molecular weight is 455 g/mol. The number of hydrogen-bond acceptors (Lipinski definition) is 5. The highest BCUT2D eigenvalue weighted by molar-refractivity contribution is 5.97. The molecule has 0 aliphatic carbocycles. The van der Waals surface area contributed by atoms with Crippen LogP contribution in [0.5, 0.6) is 5.75 Å². The molecule has 9 heteroatoms. The van der Waals surface area contributed by atoms with Crippen LogP contribution in [0.25, 0.3) is 10.9 Å². The van der Waals surface area contributed by atoms with Crippen molar-refractivity contribution in [1.29, 1.82) is 0 Å². The number of carboxylic acid groups (broad SMARTS) is 1. The van der Waals surface area contributed by atoms with Crippen LogP contribution in [-0.4, -0.2) is 40.5 Å². The van der Waals surface area contributed by atoms with Crippen molar-refractivity contribution in [3.05, 3.63) is 65.9 Å². The van der Waals surface area contributed by atoms with Gasteiger partial charge >= 0.3 is 5.97 Å². The van der Waals surface area contributed by atoms with E-state index in [4.69, 9.17) is 4.74 Å². The summed E-state index contributed by atoms with van der Waals surface area (Å²) in [5, 5.41) is 15.2. The number of benzene rings is 2. The van der Waals surface area contributed by atoms with E-state index in [2.05, 4.69) is 15.6 Å². The van der Waals surface area contributed by atoms with E-state index in [1.165, 1.54) is 0 Å². The van der Waals surface area contributed by atoms with Gasteiger partial charge in [-0.2, -0.15) is 0 Å². The van der Waals surface area contributed by atoms with Crippen LogP contribution in [0.4, 0.5) is 14.5 Å². The summed E-state index contributed by atoms with van der Waals surface area (Å²) in [7, 11) is 0. The molecule has 0 unspecified atom stereocenters. The highest BCUT2D eigenvalue weighted by Gasteiger charge is 2.47. The van der Waals surface area contributed by atoms with Crippen LogP contribution < -0.4 is 15.4 Å². The molecule has 1 amide bonds. The second-order valence-corrected chi connectivity index (χ2v) is 8.11. The average Bonchev–Trinajstić information content (AvgIpc) is 2.77. The number of carboxylic acids is 1. The summed E-state index contributed by atoms with van der Waals surface area (Å²) < 4.78 is 33.0. The number of carbonyl (C=O) groups excluding carboxylic acids is 1. The summed E-state index contributed by atoms with van der Waals surface area (Å²) in [4.78, 5) is 28.4. The van der Waals surface area contributed by atoms with E-state index >= 15 is 0 Å². The number of piperidine rings is 1. The Morgan fingerprint density at radius 3 is 2.67 bits per heavy atom. The van der Waals surface area contributed by atoms with Gasteiger partial charge in [-0.05, 0) is 43.3 Å². The number of para-hydroxylation sites is 1. The van der Waals surface area contributed by atoms with Gasteiger partial charge in [-0.1, -0.05) is 18.2 Å². The zero-order valence-electron chi connectivity index (χ0n) is 17.8. The Labute approximate surface area is 188 Å². The number of anilines is 1. The largest absolute Gasteiger partial charge is 0.489 e. The molecule has 1 aromatic heterocycles. The molecule has 1 fully saturated rings. The fraction of sp³-hybridized carbons (Fsp3) is 0.292. The SMILES string of the molecule is Cc1cc(COc2ccc(NC(=O)[C@H]3NCC(F)(F)C[C@@H]3C(=O)O)cc2)c2ccccc2n1. The van der Waals surface area contributed by atoms with Crippen molar-refractivity contribution in [2.45, 2.75) is 31.9 Å². The molecule has 0 saturated carbocycles. The molecule has 3 aromatic rings. The summed E-state index contributed by atoms with van der Waals surface area (Å²) in [6, 6.07) is 15.1. The summed E-state index contributed by atoms with van der Waals surface area (Å²) >= 11 is 0. The van der Waals surface area contributed by atoms with Crippen LogP contribution >= 0.6 is 0 Å². The standard InChI is InChI=1S/C24H23F2N3O4/c1-14-10-15(18-4-2-3-5-20(18)28-14)12-33-17-8-6-16(7-9-17)29-22(30)21-19(23(31)32)11-24(25,26)13-27-21/h2-10,19,21,27H,11-13H2,1H3,(H,29,30)(H,31,32)/t19-,21-/m0/s1. The lowest BCUT2D eigenvalue weighted by atomic mass is 9.88. The first-order valence-electron chi connectivity index (χ1n) is 10.4. The summed E-state index contributed by atoms with van der Waals surface area (Å²) in [6.07, 6.45) is -0.886. The van der Waals surface area contributed by atoms with Crippen molar-refractivity contribution in [3.8, 4) is 5.75 Å². The molecule has 7 nitrogen and oxygen atoms in total. The topological polar surface area (TPSA) is 101 Å². The monoisotopic (exact) mass is 455 g/mol. The predicted octanol–water partition coefficient (Wildman–Crippen LogP) is 3.76. The predicted molar refractivity (Wildman–Crippen MR) is 118 cm³/mol. The molecule has 172 valence electrons.